The van der Waals surface area contributed by atoms with Crippen molar-refractivity contribution in [2.24, 2.45) is 0 Å². The Morgan fingerprint density at radius 1 is 1.05 bits per heavy atom. The van der Waals surface area contributed by atoms with E-state index in [2.05, 4.69) is 10.6 Å². The summed E-state index contributed by atoms with van der Waals surface area (Å²) in [5.41, 5.74) is 0. The molecule has 0 aromatic rings. The van der Waals surface area contributed by atoms with Crippen molar-refractivity contribution in [3.8, 4) is 0 Å². The standard InChI is InChI=1S/C10H16N2O7/c1-5(9(16)17)11-4-7(13)12-6(10(18)19)2-3-8(14)15/h5-6,11H,2-4H2,1H3,(H,12,13)(H,14,15)(H,16,17)(H,18,19)/t5-,6-/m0/s1. The van der Waals surface area contributed by atoms with Crippen molar-refractivity contribution >= 4 is 23.8 Å². The summed E-state index contributed by atoms with van der Waals surface area (Å²) in [5.74, 6) is -4.38. The summed E-state index contributed by atoms with van der Waals surface area (Å²) in [6.07, 6.45) is -0.638. The molecule has 0 heterocycles. The largest absolute Gasteiger partial charge is 0.481 e. The molecule has 0 spiro atoms. The highest BCUT2D eigenvalue weighted by molar-refractivity contribution is 5.85. The first-order valence-corrected chi connectivity index (χ1v) is 5.44. The van der Waals surface area contributed by atoms with Gasteiger partial charge in [-0.2, -0.15) is 0 Å². The lowest BCUT2D eigenvalue weighted by molar-refractivity contribution is -0.143. The smallest absolute Gasteiger partial charge is 0.326 e. The normalized spacial score (nSPS) is 13.3. The van der Waals surface area contributed by atoms with Crippen molar-refractivity contribution in [2.45, 2.75) is 31.8 Å². The summed E-state index contributed by atoms with van der Waals surface area (Å²) in [5, 5.41) is 30.2. The van der Waals surface area contributed by atoms with E-state index in [0.717, 1.165) is 0 Å². The molecular weight excluding hydrogens is 260 g/mol. The van der Waals surface area contributed by atoms with Crippen molar-refractivity contribution in [1.82, 2.24) is 10.6 Å². The topological polar surface area (TPSA) is 153 Å². The van der Waals surface area contributed by atoms with Gasteiger partial charge < -0.3 is 20.6 Å². The van der Waals surface area contributed by atoms with E-state index >= 15 is 0 Å². The van der Waals surface area contributed by atoms with Crippen molar-refractivity contribution in [1.29, 1.82) is 0 Å². The van der Waals surface area contributed by atoms with Gasteiger partial charge in [-0.25, -0.2) is 4.79 Å². The predicted octanol–water partition coefficient (Wildman–Crippen LogP) is -1.52. The molecule has 0 radical (unpaired) electrons. The fourth-order valence-corrected chi connectivity index (χ4v) is 1.10. The van der Waals surface area contributed by atoms with Crippen LogP contribution >= 0.6 is 0 Å². The minimum Gasteiger partial charge on any atom is -0.481 e. The van der Waals surface area contributed by atoms with Crippen molar-refractivity contribution in [3.05, 3.63) is 0 Å². The van der Waals surface area contributed by atoms with Crippen LogP contribution in [0.25, 0.3) is 0 Å². The summed E-state index contributed by atoms with van der Waals surface area (Å²) < 4.78 is 0. The molecular formula is C10H16N2O7. The Bertz CT molecular complexity index is 369. The number of hydrogen-bond acceptors (Lipinski definition) is 5. The third kappa shape index (κ3) is 7.71. The molecule has 9 heteroatoms. The summed E-state index contributed by atoms with van der Waals surface area (Å²) >= 11 is 0. The summed E-state index contributed by atoms with van der Waals surface area (Å²) in [7, 11) is 0. The Labute approximate surface area is 108 Å². The molecule has 5 N–H and O–H groups in total. The second kappa shape index (κ2) is 8.03. The number of aliphatic carboxylic acids is 3. The molecule has 0 saturated heterocycles. The minimum absolute atomic E-state index is 0.245. The number of carboxylic acids is 3. The first kappa shape index (κ1) is 16.8. The molecule has 0 aromatic heterocycles. The van der Waals surface area contributed by atoms with E-state index in [-0.39, 0.29) is 13.0 Å². The molecule has 0 fully saturated rings. The highest BCUT2D eigenvalue weighted by Gasteiger charge is 2.21. The molecule has 9 nitrogen and oxygen atoms in total. The van der Waals surface area contributed by atoms with E-state index in [9.17, 15) is 19.2 Å². The number of rotatable bonds is 9. The maximum absolute atomic E-state index is 11.4. The quantitative estimate of drug-likeness (QED) is 0.340. The Hall–Kier alpha value is -2.16. The van der Waals surface area contributed by atoms with Crippen LogP contribution in [0.15, 0.2) is 0 Å². The first-order valence-electron chi connectivity index (χ1n) is 5.44. The summed E-state index contributed by atoms with van der Waals surface area (Å²) in [6, 6.07) is -2.27. The van der Waals surface area contributed by atoms with E-state index in [4.69, 9.17) is 15.3 Å². The summed E-state index contributed by atoms with van der Waals surface area (Å²) in [6.45, 7) is 0.957. The molecule has 0 aliphatic carbocycles. The van der Waals surface area contributed by atoms with E-state index < -0.39 is 42.3 Å². The number of carbonyl (C=O) groups is 4. The van der Waals surface area contributed by atoms with Crippen LogP contribution in [-0.4, -0.2) is 57.8 Å². The SMILES string of the molecule is C[C@H](NCC(=O)N[C@@H](CCC(=O)O)C(=O)O)C(=O)O. The zero-order valence-electron chi connectivity index (χ0n) is 10.3. The molecule has 0 bridgehead atoms. The number of amides is 1. The molecule has 0 aliphatic heterocycles. The number of hydrogen-bond donors (Lipinski definition) is 5. The molecule has 2 atom stereocenters. The van der Waals surface area contributed by atoms with Gasteiger partial charge in [0.15, 0.2) is 0 Å². The van der Waals surface area contributed by atoms with Gasteiger partial charge >= 0.3 is 17.9 Å². The average molecular weight is 276 g/mol. The van der Waals surface area contributed by atoms with E-state index in [1.807, 2.05) is 0 Å². The van der Waals surface area contributed by atoms with Crippen LogP contribution in [0.5, 0.6) is 0 Å². The second-order valence-corrected chi connectivity index (χ2v) is 3.83. The lowest BCUT2D eigenvalue weighted by Crippen LogP contribution is -2.47. The molecule has 0 rings (SSSR count). The van der Waals surface area contributed by atoms with Crippen molar-refractivity contribution in [2.75, 3.05) is 6.54 Å². The lowest BCUT2D eigenvalue weighted by atomic mass is 10.1. The fraction of sp³-hybridized carbons (Fsp3) is 0.600. The monoisotopic (exact) mass is 276 g/mol. The van der Waals surface area contributed by atoms with Crippen LogP contribution in [0.1, 0.15) is 19.8 Å². The van der Waals surface area contributed by atoms with Crippen LogP contribution in [0.3, 0.4) is 0 Å². The molecule has 0 aliphatic rings. The van der Waals surface area contributed by atoms with Gasteiger partial charge in [0.05, 0.1) is 6.54 Å². The molecule has 0 unspecified atom stereocenters. The van der Waals surface area contributed by atoms with Gasteiger partial charge in [-0.05, 0) is 13.3 Å². The lowest BCUT2D eigenvalue weighted by Gasteiger charge is -2.14. The zero-order chi connectivity index (χ0) is 15.0. The Kier molecular flexibility index (Phi) is 7.12. The van der Waals surface area contributed by atoms with Crippen molar-refractivity contribution < 1.29 is 34.5 Å². The van der Waals surface area contributed by atoms with Gasteiger partial charge in [0.25, 0.3) is 0 Å². The van der Waals surface area contributed by atoms with Crippen LogP contribution in [0.2, 0.25) is 0 Å². The van der Waals surface area contributed by atoms with Gasteiger partial charge in [-0.1, -0.05) is 0 Å². The molecule has 0 aromatic carbocycles. The number of carboxylic acid groups (broad SMARTS) is 3. The number of carbonyl (C=O) groups excluding carboxylic acids is 1. The third-order valence-electron chi connectivity index (χ3n) is 2.22. The molecule has 1 amide bonds. The van der Waals surface area contributed by atoms with Crippen LogP contribution in [0, 0.1) is 0 Å². The van der Waals surface area contributed by atoms with Gasteiger partial charge in [0.1, 0.15) is 12.1 Å². The minimum atomic E-state index is -1.35. The van der Waals surface area contributed by atoms with Crippen LogP contribution in [-0.2, 0) is 19.2 Å². The maximum Gasteiger partial charge on any atom is 0.326 e. The Balaban J connectivity index is 4.20. The summed E-state index contributed by atoms with van der Waals surface area (Å²) in [4.78, 5) is 42.9. The van der Waals surface area contributed by atoms with Crippen molar-refractivity contribution in [3.63, 3.8) is 0 Å². The van der Waals surface area contributed by atoms with Gasteiger partial charge in [0, 0.05) is 6.42 Å². The molecule has 0 saturated carbocycles. The zero-order valence-corrected chi connectivity index (χ0v) is 10.3. The van der Waals surface area contributed by atoms with Gasteiger partial charge in [-0.3, -0.25) is 19.7 Å². The third-order valence-corrected chi connectivity index (χ3v) is 2.22. The maximum atomic E-state index is 11.4. The highest BCUT2D eigenvalue weighted by atomic mass is 16.4. The van der Waals surface area contributed by atoms with E-state index in [0.29, 0.717) is 0 Å². The Morgan fingerprint density at radius 3 is 2.05 bits per heavy atom. The predicted molar refractivity (Wildman–Crippen MR) is 61.5 cm³/mol. The Morgan fingerprint density at radius 2 is 1.63 bits per heavy atom. The highest BCUT2D eigenvalue weighted by Crippen LogP contribution is 1.98. The van der Waals surface area contributed by atoms with E-state index in [1.54, 1.807) is 0 Å². The fourth-order valence-electron chi connectivity index (χ4n) is 1.10. The van der Waals surface area contributed by atoms with Gasteiger partial charge in [0.2, 0.25) is 5.91 Å². The van der Waals surface area contributed by atoms with Crippen LogP contribution in [0.4, 0.5) is 0 Å². The average Bonchev–Trinajstić information content (AvgIpc) is 2.30. The van der Waals surface area contributed by atoms with Crippen LogP contribution < -0.4 is 10.6 Å². The molecule has 108 valence electrons. The van der Waals surface area contributed by atoms with Gasteiger partial charge in [-0.15, -0.1) is 0 Å². The molecule has 19 heavy (non-hydrogen) atoms. The first-order chi connectivity index (χ1) is 8.73. The van der Waals surface area contributed by atoms with E-state index in [1.165, 1.54) is 6.92 Å². The second-order valence-electron chi connectivity index (χ2n) is 3.83. The number of nitrogens with one attached hydrogen (secondary N) is 2.